The lowest BCUT2D eigenvalue weighted by Gasteiger charge is -2.22. The van der Waals surface area contributed by atoms with Gasteiger partial charge in [-0.25, -0.2) is 0 Å². The predicted octanol–water partition coefficient (Wildman–Crippen LogP) is 10.5. The van der Waals surface area contributed by atoms with E-state index >= 15 is 0 Å². The maximum absolute atomic E-state index is 11.6. The quantitative estimate of drug-likeness (QED) is 0.112. The Morgan fingerprint density at radius 3 is 2.18 bits per heavy atom. The van der Waals surface area contributed by atoms with Gasteiger partial charge in [-0.05, 0) is 76.7 Å². The van der Waals surface area contributed by atoms with E-state index in [0.717, 1.165) is 24.9 Å². The smallest absolute Gasteiger partial charge is 0.294 e. The number of thioether (sulfide) groups is 1. The van der Waals surface area contributed by atoms with Crippen LogP contribution in [0.4, 0.5) is 5.69 Å². The van der Waals surface area contributed by atoms with Crippen LogP contribution in [0.2, 0.25) is 0 Å². The first-order chi connectivity index (χ1) is 24.9. The average molecular weight is 726 g/mol. The summed E-state index contributed by atoms with van der Waals surface area (Å²) >= 11 is 3.66. The van der Waals surface area contributed by atoms with Crippen LogP contribution in [0.3, 0.4) is 0 Å². The third-order valence-corrected chi connectivity index (χ3v) is 12.6. The van der Waals surface area contributed by atoms with E-state index in [1.165, 1.54) is 75.7 Å². The summed E-state index contributed by atoms with van der Waals surface area (Å²) < 4.78 is 36.4. The Hall–Kier alpha value is -4.73. The number of hydrogen-bond acceptors (Lipinski definition) is 5. The minimum atomic E-state index is -4.24. The second kappa shape index (κ2) is 14.1. The topological polar surface area (TPSA) is 61.5 Å². The van der Waals surface area contributed by atoms with Crippen LogP contribution in [-0.2, 0) is 29.5 Å². The van der Waals surface area contributed by atoms with E-state index in [0.29, 0.717) is 13.0 Å². The molecule has 7 aromatic rings. The SMILES string of the molecule is CCC(=Cc1sc2ccc3ccccc3c2[n+]1CCc1ccc(S(=O)(=O)O)cc1)C=C1Sc2ccc3ccccc3c2N1CCc1ccccc1. The van der Waals surface area contributed by atoms with Crippen LogP contribution in [0, 0.1) is 0 Å². The lowest BCUT2D eigenvalue weighted by molar-refractivity contribution is -0.667. The Morgan fingerprint density at radius 2 is 1.43 bits per heavy atom. The summed E-state index contributed by atoms with van der Waals surface area (Å²) in [6.07, 6.45) is 7.26. The number of benzene rings is 6. The molecule has 2 heterocycles. The van der Waals surface area contributed by atoms with Crippen molar-refractivity contribution in [2.24, 2.45) is 0 Å². The molecule has 0 fully saturated rings. The number of hydrogen-bond donors (Lipinski definition) is 1. The third kappa shape index (κ3) is 6.85. The Balaban J connectivity index is 1.20. The van der Waals surface area contributed by atoms with Crippen LogP contribution in [-0.4, -0.2) is 19.5 Å². The van der Waals surface area contributed by atoms with Gasteiger partial charge in [-0.2, -0.15) is 13.0 Å². The van der Waals surface area contributed by atoms with Crippen LogP contribution in [0.25, 0.3) is 37.8 Å². The highest BCUT2D eigenvalue weighted by molar-refractivity contribution is 8.03. The van der Waals surface area contributed by atoms with Crippen molar-refractivity contribution in [1.29, 1.82) is 0 Å². The molecule has 5 nitrogen and oxygen atoms in total. The van der Waals surface area contributed by atoms with Crippen LogP contribution < -0.4 is 9.47 Å². The maximum Gasteiger partial charge on any atom is 0.294 e. The lowest BCUT2D eigenvalue weighted by Crippen LogP contribution is -2.36. The minimum Gasteiger partial charge on any atom is -0.334 e. The van der Waals surface area contributed by atoms with Crippen molar-refractivity contribution in [2.45, 2.75) is 42.5 Å². The highest BCUT2D eigenvalue weighted by Crippen LogP contribution is 2.50. The van der Waals surface area contributed by atoms with Crippen molar-refractivity contribution < 1.29 is 17.5 Å². The molecular formula is C43H37N2O3S3+. The molecule has 1 aliphatic rings. The molecule has 0 atom stereocenters. The number of nitrogens with zero attached hydrogens (tertiary/aromatic N) is 2. The maximum atomic E-state index is 11.6. The van der Waals surface area contributed by atoms with E-state index in [1.54, 1.807) is 23.5 Å². The van der Waals surface area contributed by atoms with Crippen molar-refractivity contribution in [3.63, 3.8) is 0 Å². The van der Waals surface area contributed by atoms with Gasteiger partial charge in [0.05, 0.1) is 21.0 Å². The van der Waals surface area contributed by atoms with E-state index in [9.17, 15) is 13.0 Å². The zero-order valence-electron chi connectivity index (χ0n) is 28.2. The Bertz CT molecular complexity index is 2570. The molecule has 8 heteroatoms. The summed E-state index contributed by atoms with van der Waals surface area (Å²) in [5.74, 6) is 0. The molecule has 254 valence electrons. The molecule has 0 saturated heterocycles. The number of aryl methyl sites for hydroxylation is 2. The zero-order valence-corrected chi connectivity index (χ0v) is 30.6. The standard InChI is InChI=1S/C43H36N2O3S3/c1-2-30(28-40-44(26-24-31-10-4-3-5-11-31)42-36-14-8-6-12-33(36)18-22-38(42)49-40)29-41-45(27-25-32-16-20-35(21-17-32)51(46,47)48)43-37-15-9-7-13-34(37)19-23-39(43)50-41/h3-23,28-29H,2,24-27H2,1H3/p+1. The van der Waals surface area contributed by atoms with Crippen molar-refractivity contribution in [3.8, 4) is 0 Å². The van der Waals surface area contributed by atoms with Crippen molar-refractivity contribution >= 4 is 76.7 Å². The van der Waals surface area contributed by atoms with Gasteiger partial charge in [-0.1, -0.05) is 127 Å². The zero-order chi connectivity index (χ0) is 35.0. The molecule has 1 aromatic heterocycles. The first-order valence-electron chi connectivity index (χ1n) is 17.2. The highest BCUT2D eigenvalue weighted by atomic mass is 32.2. The van der Waals surface area contributed by atoms with Crippen LogP contribution in [0.1, 0.15) is 29.5 Å². The summed E-state index contributed by atoms with van der Waals surface area (Å²) in [7, 11) is -4.24. The molecule has 0 radical (unpaired) electrons. The van der Waals surface area contributed by atoms with E-state index < -0.39 is 10.1 Å². The van der Waals surface area contributed by atoms with Gasteiger partial charge in [0.1, 0.15) is 4.70 Å². The fraction of sp³-hybridized carbons (Fsp3) is 0.140. The van der Waals surface area contributed by atoms with E-state index in [2.05, 4.69) is 132 Å². The van der Waals surface area contributed by atoms with Crippen molar-refractivity contribution in [3.05, 3.63) is 160 Å². The Labute approximate surface area is 306 Å². The molecule has 51 heavy (non-hydrogen) atoms. The lowest BCUT2D eigenvalue weighted by atomic mass is 10.1. The van der Waals surface area contributed by atoms with Gasteiger partial charge in [0.15, 0.2) is 6.54 Å². The third-order valence-electron chi connectivity index (χ3n) is 9.57. The summed E-state index contributed by atoms with van der Waals surface area (Å²) in [6, 6.07) is 43.4. The number of anilines is 1. The summed E-state index contributed by atoms with van der Waals surface area (Å²) in [5, 5.41) is 7.35. The van der Waals surface area contributed by atoms with Gasteiger partial charge in [0.2, 0.25) is 5.52 Å². The molecule has 0 unspecified atom stereocenters. The van der Waals surface area contributed by atoms with E-state index in [1.807, 2.05) is 11.8 Å². The van der Waals surface area contributed by atoms with Crippen molar-refractivity contribution in [2.75, 3.05) is 11.4 Å². The number of thiazole rings is 1. The van der Waals surface area contributed by atoms with E-state index in [4.69, 9.17) is 0 Å². The molecule has 0 bridgehead atoms. The molecule has 0 aliphatic carbocycles. The molecule has 0 saturated carbocycles. The van der Waals surface area contributed by atoms with Gasteiger partial charge in [-0.3, -0.25) is 4.55 Å². The fourth-order valence-electron chi connectivity index (χ4n) is 6.92. The second-order valence-corrected chi connectivity index (χ2v) is 16.3. The van der Waals surface area contributed by atoms with E-state index in [-0.39, 0.29) is 4.90 Å². The molecule has 6 aromatic carbocycles. The number of allylic oxidation sites excluding steroid dienone is 2. The first kappa shape index (κ1) is 33.4. The number of fused-ring (bicyclic) bond motifs is 6. The molecular weight excluding hydrogens is 689 g/mol. The van der Waals surface area contributed by atoms with Crippen LogP contribution in [0.15, 0.2) is 154 Å². The highest BCUT2D eigenvalue weighted by Gasteiger charge is 2.28. The Morgan fingerprint density at radius 1 is 0.765 bits per heavy atom. The second-order valence-electron chi connectivity index (χ2n) is 12.8. The van der Waals surface area contributed by atoms with Crippen LogP contribution in [0.5, 0.6) is 0 Å². The molecule has 1 N–H and O–H groups in total. The average Bonchev–Trinajstić information content (AvgIpc) is 3.70. The fourth-order valence-corrected chi connectivity index (χ4v) is 9.77. The minimum absolute atomic E-state index is 0.0899. The van der Waals surface area contributed by atoms with Gasteiger partial charge >= 0.3 is 0 Å². The largest absolute Gasteiger partial charge is 0.334 e. The Kier molecular flexibility index (Phi) is 9.25. The number of rotatable bonds is 10. The molecule has 8 rings (SSSR count). The van der Waals surface area contributed by atoms with Gasteiger partial charge in [0.25, 0.3) is 15.1 Å². The normalized spacial score (nSPS) is 14.3. The number of aromatic nitrogens is 1. The van der Waals surface area contributed by atoms with Crippen molar-refractivity contribution in [1.82, 2.24) is 0 Å². The summed E-state index contributed by atoms with van der Waals surface area (Å²) in [5.41, 5.74) is 6.08. The monoisotopic (exact) mass is 725 g/mol. The summed E-state index contributed by atoms with van der Waals surface area (Å²) in [4.78, 5) is 3.71. The first-order valence-corrected chi connectivity index (χ1v) is 20.3. The molecule has 0 amide bonds. The molecule has 0 spiro atoms. The predicted molar refractivity (Wildman–Crippen MR) is 213 cm³/mol. The van der Waals surface area contributed by atoms with Gasteiger partial charge < -0.3 is 4.90 Å². The summed E-state index contributed by atoms with van der Waals surface area (Å²) in [6.45, 7) is 3.82. The van der Waals surface area contributed by atoms with Gasteiger partial charge in [-0.15, -0.1) is 0 Å². The molecule has 1 aliphatic heterocycles. The van der Waals surface area contributed by atoms with Gasteiger partial charge in [0, 0.05) is 29.3 Å². The van der Waals surface area contributed by atoms with Crippen LogP contribution >= 0.6 is 23.1 Å².